The average Bonchev–Trinajstić information content (AvgIpc) is 2.92. The van der Waals surface area contributed by atoms with Gasteiger partial charge < -0.3 is 4.74 Å². The van der Waals surface area contributed by atoms with E-state index in [0.717, 1.165) is 6.20 Å². The molecular formula is C16H12F2N4O2. The minimum Gasteiger partial charge on any atom is -0.461 e. The van der Waals surface area contributed by atoms with Crippen LogP contribution in [0.25, 0.3) is 5.65 Å². The van der Waals surface area contributed by atoms with Crippen molar-refractivity contribution in [2.24, 2.45) is 10.2 Å². The van der Waals surface area contributed by atoms with Gasteiger partial charge in [-0.2, -0.15) is 0 Å². The van der Waals surface area contributed by atoms with Gasteiger partial charge in [-0.1, -0.05) is 12.1 Å². The molecule has 0 unspecified atom stereocenters. The van der Waals surface area contributed by atoms with Crippen LogP contribution in [0.3, 0.4) is 0 Å². The third-order valence-electron chi connectivity index (χ3n) is 3.13. The number of azo groups is 1. The zero-order valence-electron chi connectivity index (χ0n) is 12.6. The molecule has 0 aliphatic carbocycles. The van der Waals surface area contributed by atoms with Crippen molar-refractivity contribution in [2.45, 2.75) is 6.92 Å². The summed E-state index contributed by atoms with van der Waals surface area (Å²) in [6, 6.07) is 8.36. The van der Waals surface area contributed by atoms with Crippen LogP contribution in [0.1, 0.15) is 17.4 Å². The van der Waals surface area contributed by atoms with Crippen LogP contribution in [0.4, 0.5) is 20.3 Å². The molecule has 8 heteroatoms. The van der Waals surface area contributed by atoms with Gasteiger partial charge in [-0.05, 0) is 31.2 Å². The highest BCUT2D eigenvalue weighted by Crippen LogP contribution is 2.26. The number of hydrogen-bond donors (Lipinski definition) is 0. The van der Waals surface area contributed by atoms with E-state index < -0.39 is 17.6 Å². The van der Waals surface area contributed by atoms with E-state index in [2.05, 4.69) is 15.2 Å². The van der Waals surface area contributed by atoms with E-state index in [1.807, 2.05) is 0 Å². The Morgan fingerprint density at radius 2 is 2.00 bits per heavy atom. The molecule has 3 rings (SSSR count). The number of carbonyl (C=O) groups excluding carboxylic acids is 1. The Balaban J connectivity index is 2.13. The largest absolute Gasteiger partial charge is 0.461 e. The molecule has 0 amide bonds. The normalized spacial score (nSPS) is 11.3. The number of fused-ring (bicyclic) bond motifs is 1. The Kier molecular flexibility index (Phi) is 4.28. The SMILES string of the molecule is CCOC(=O)c1nc2ccc(F)cn2c1N=Nc1ccccc1F. The first-order chi connectivity index (χ1) is 11.6. The second-order valence-electron chi connectivity index (χ2n) is 4.73. The molecule has 6 nitrogen and oxygen atoms in total. The zero-order valence-corrected chi connectivity index (χ0v) is 12.6. The van der Waals surface area contributed by atoms with Crippen molar-refractivity contribution in [3.05, 3.63) is 59.9 Å². The second-order valence-corrected chi connectivity index (χ2v) is 4.73. The molecular weight excluding hydrogens is 318 g/mol. The first-order valence-corrected chi connectivity index (χ1v) is 7.11. The first-order valence-electron chi connectivity index (χ1n) is 7.11. The first kappa shape index (κ1) is 15.7. The fourth-order valence-electron chi connectivity index (χ4n) is 2.07. The fraction of sp³-hybridized carbons (Fsp3) is 0.125. The fourth-order valence-corrected chi connectivity index (χ4v) is 2.07. The number of carbonyl (C=O) groups is 1. The van der Waals surface area contributed by atoms with Crippen molar-refractivity contribution in [3.8, 4) is 0 Å². The van der Waals surface area contributed by atoms with Gasteiger partial charge in [0, 0.05) is 6.20 Å². The lowest BCUT2D eigenvalue weighted by atomic mass is 10.3. The average molecular weight is 330 g/mol. The molecule has 0 aliphatic heterocycles. The molecule has 0 saturated heterocycles. The summed E-state index contributed by atoms with van der Waals surface area (Å²) in [5.74, 6) is -1.87. The Hall–Kier alpha value is -3.16. The molecule has 0 bridgehead atoms. The molecule has 0 aliphatic rings. The highest BCUT2D eigenvalue weighted by atomic mass is 19.1. The smallest absolute Gasteiger partial charge is 0.360 e. The molecule has 0 saturated carbocycles. The van der Waals surface area contributed by atoms with Gasteiger partial charge in [0.15, 0.2) is 17.3 Å². The third kappa shape index (κ3) is 2.98. The lowest BCUT2D eigenvalue weighted by Gasteiger charge is -2.00. The molecule has 3 aromatic rings. The predicted molar refractivity (Wildman–Crippen MR) is 81.7 cm³/mol. The molecule has 1 aromatic carbocycles. The standard InChI is InChI=1S/C16H12F2N4O2/c1-2-24-16(23)14-15(21-20-12-6-4-3-5-11(12)18)22-9-10(17)7-8-13(22)19-14/h3-9H,2H2,1H3. The van der Waals surface area contributed by atoms with E-state index in [-0.39, 0.29) is 23.8 Å². The number of imidazole rings is 1. The van der Waals surface area contributed by atoms with Crippen molar-refractivity contribution >= 4 is 23.1 Å². The summed E-state index contributed by atoms with van der Waals surface area (Å²) in [4.78, 5) is 16.1. The quantitative estimate of drug-likeness (QED) is 0.532. The van der Waals surface area contributed by atoms with Gasteiger partial charge in [-0.15, -0.1) is 10.2 Å². The Morgan fingerprint density at radius 3 is 2.75 bits per heavy atom. The van der Waals surface area contributed by atoms with Crippen LogP contribution in [-0.2, 0) is 4.74 Å². The topological polar surface area (TPSA) is 68.3 Å². The summed E-state index contributed by atoms with van der Waals surface area (Å²) < 4.78 is 33.3. The van der Waals surface area contributed by atoms with Crippen LogP contribution < -0.4 is 0 Å². The maximum absolute atomic E-state index is 13.6. The second kappa shape index (κ2) is 6.53. The number of esters is 1. The van der Waals surface area contributed by atoms with Gasteiger partial charge in [-0.25, -0.2) is 18.6 Å². The van der Waals surface area contributed by atoms with E-state index >= 15 is 0 Å². The summed E-state index contributed by atoms with van der Waals surface area (Å²) in [7, 11) is 0. The number of halogens is 2. The van der Waals surface area contributed by atoms with Crippen molar-refractivity contribution in [2.75, 3.05) is 6.61 Å². The van der Waals surface area contributed by atoms with Crippen molar-refractivity contribution < 1.29 is 18.3 Å². The van der Waals surface area contributed by atoms with E-state index in [1.165, 1.54) is 34.7 Å². The minimum atomic E-state index is -0.718. The van der Waals surface area contributed by atoms with Gasteiger partial charge in [0.25, 0.3) is 0 Å². The monoisotopic (exact) mass is 330 g/mol. The number of pyridine rings is 1. The maximum Gasteiger partial charge on any atom is 0.360 e. The molecule has 2 heterocycles. The zero-order chi connectivity index (χ0) is 17.1. The van der Waals surface area contributed by atoms with Gasteiger partial charge in [0.2, 0.25) is 0 Å². The number of aromatic nitrogens is 2. The Morgan fingerprint density at radius 1 is 1.21 bits per heavy atom. The Bertz CT molecular complexity index is 937. The van der Waals surface area contributed by atoms with Crippen molar-refractivity contribution in [1.29, 1.82) is 0 Å². The van der Waals surface area contributed by atoms with E-state index in [1.54, 1.807) is 13.0 Å². The molecule has 0 radical (unpaired) electrons. The Labute approximate surface area is 135 Å². The minimum absolute atomic E-state index is 0.0151. The predicted octanol–water partition coefficient (Wildman–Crippen LogP) is 4.20. The number of nitrogens with zero attached hydrogens (tertiary/aromatic N) is 4. The molecule has 0 fully saturated rings. The van der Waals surface area contributed by atoms with Gasteiger partial charge >= 0.3 is 5.97 Å². The van der Waals surface area contributed by atoms with Crippen molar-refractivity contribution in [1.82, 2.24) is 9.38 Å². The lowest BCUT2D eigenvalue weighted by molar-refractivity contribution is 0.0521. The van der Waals surface area contributed by atoms with Crippen LogP contribution in [-0.4, -0.2) is 22.0 Å². The summed E-state index contributed by atoms with van der Waals surface area (Å²) in [5.41, 5.74) is 0.156. The number of rotatable bonds is 4. The molecule has 122 valence electrons. The molecule has 2 aromatic heterocycles. The van der Waals surface area contributed by atoms with Crippen LogP contribution >= 0.6 is 0 Å². The molecule has 0 N–H and O–H groups in total. The highest BCUT2D eigenvalue weighted by molar-refractivity contribution is 5.93. The van der Waals surface area contributed by atoms with E-state index in [4.69, 9.17) is 4.74 Å². The van der Waals surface area contributed by atoms with Gasteiger partial charge in [-0.3, -0.25) is 4.40 Å². The third-order valence-corrected chi connectivity index (χ3v) is 3.13. The van der Waals surface area contributed by atoms with Crippen molar-refractivity contribution in [3.63, 3.8) is 0 Å². The van der Waals surface area contributed by atoms with E-state index in [9.17, 15) is 13.6 Å². The number of benzene rings is 1. The molecule has 0 atom stereocenters. The van der Waals surface area contributed by atoms with Crippen LogP contribution in [0.15, 0.2) is 52.8 Å². The van der Waals surface area contributed by atoms with Gasteiger partial charge in [0.1, 0.15) is 17.2 Å². The number of ether oxygens (including phenoxy) is 1. The maximum atomic E-state index is 13.6. The van der Waals surface area contributed by atoms with Crippen LogP contribution in [0.5, 0.6) is 0 Å². The van der Waals surface area contributed by atoms with Crippen LogP contribution in [0, 0.1) is 11.6 Å². The summed E-state index contributed by atoms with van der Waals surface area (Å²) in [5, 5.41) is 7.68. The summed E-state index contributed by atoms with van der Waals surface area (Å²) in [6.45, 7) is 1.79. The lowest BCUT2D eigenvalue weighted by Crippen LogP contribution is -2.05. The molecule has 0 spiro atoms. The molecule has 24 heavy (non-hydrogen) atoms. The summed E-state index contributed by atoms with van der Waals surface area (Å²) in [6.07, 6.45) is 1.11. The van der Waals surface area contributed by atoms with Gasteiger partial charge in [0.05, 0.1) is 6.61 Å². The highest BCUT2D eigenvalue weighted by Gasteiger charge is 2.20. The van der Waals surface area contributed by atoms with Crippen LogP contribution in [0.2, 0.25) is 0 Å². The van der Waals surface area contributed by atoms with E-state index in [0.29, 0.717) is 5.65 Å². The summed E-state index contributed by atoms with van der Waals surface area (Å²) >= 11 is 0. The number of hydrogen-bond acceptors (Lipinski definition) is 5.